The normalized spacial score (nSPS) is 10.8. The van der Waals surface area contributed by atoms with Crippen LogP contribution in [0.2, 0.25) is 0 Å². The van der Waals surface area contributed by atoms with Crippen molar-refractivity contribution in [2.45, 2.75) is 32.3 Å². The van der Waals surface area contributed by atoms with Crippen LogP contribution in [0.25, 0.3) is 0 Å². The number of hydrogen-bond donors (Lipinski definition) is 0. The minimum absolute atomic E-state index is 0.445. The van der Waals surface area contributed by atoms with Crippen molar-refractivity contribution in [3.8, 4) is 5.75 Å². The van der Waals surface area contributed by atoms with Crippen molar-refractivity contribution in [1.82, 2.24) is 0 Å². The molecule has 0 saturated heterocycles. The van der Waals surface area contributed by atoms with E-state index < -0.39 is 0 Å². The van der Waals surface area contributed by atoms with Gasteiger partial charge in [0, 0.05) is 10.0 Å². The van der Waals surface area contributed by atoms with Gasteiger partial charge in [0.1, 0.15) is 12.4 Å². The van der Waals surface area contributed by atoms with E-state index in [-0.39, 0.29) is 0 Å². The second kappa shape index (κ2) is 7.14. The average molecular weight is 354 g/mol. The SMILES string of the molecule is CC(C)c1ccc(COc2ccc(Br)cc2CCl)cc1. The molecule has 0 radical (unpaired) electrons. The zero-order valence-corrected chi connectivity index (χ0v) is 14.0. The van der Waals surface area contributed by atoms with Crippen molar-refractivity contribution in [1.29, 1.82) is 0 Å². The van der Waals surface area contributed by atoms with E-state index in [1.165, 1.54) is 5.56 Å². The summed E-state index contributed by atoms with van der Waals surface area (Å²) >= 11 is 9.38. The summed E-state index contributed by atoms with van der Waals surface area (Å²) in [5.74, 6) is 1.84. The van der Waals surface area contributed by atoms with Gasteiger partial charge in [0.25, 0.3) is 0 Å². The molecule has 0 aromatic heterocycles. The summed E-state index contributed by atoms with van der Waals surface area (Å²) in [7, 11) is 0. The molecular formula is C17H18BrClO. The Morgan fingerprint density at radius 3 is 2.40 bits per heavy atom. The monoisotopic (exact) mass is 352 g/mol. The Bertz CT molecular complexity index is 564. The maximum absolute atomic E-state index is 5.94. The highest BCUT2D eigenvalue weighted by atomic mass is 79.9. The van der Waals surface area contributed by atoms with E-state index in [0.29, 0.717) is 18.4 Å². The van der Waals surface area contributed by atoms with Gasteiger partial charge in [0.2, 0.25) is 0 Å². The molecule has 20 heavy (non-hydrogen) atoms. The lowest BCUT2D eigenvalue weighted by molar-refractivity contribution is 0.303. The van der Waals surface area contributed by atoms with Gasteiger partial charge in [-0.05, 0) is 35.2 Å². The number of alkyl halides is 1. The van der Waals surface area contributed by atoms with Gasteiger partial charge in [0.05, 0.1) is 5.88 Å². The molecule has 1 nitrogen and oxygen atoms in total. The van der Waals surface area contributed by atoms with Crippen molar-refractivity contribution in [3.05, 3.63) is 63.6 Å². The average Bonchev–Trinajstić information content (AvgIpc) is 2.46. The quantitative estimate of drug-likeness (QED) is 0.609. The Kier molecular flexibility index (Phi) is 5.50. The van der Waals surface area contributed by atoms with E-state index in [2.05, 4.69) is 54.0 Å². The van der Waals surface area contributed by atoms with Gasteiger partial charge in [-0.25, -0.2) is 0 Å². The first-order valence-corrected chi connectivity index (χ1v) is 7.99. The fraction of sp³-hybridized carbons (Fsp3) is 0.294. The van der Waals surface area contributed by atoms with E-state index in [9.17, 15) is 0 Å². The molecule has 0 atom stereocenters. The Balaban J connectivity index is 2.05. The van der Waals surface area contributed by atoms with E-state index >= 15 is 0 Å². The molecule has 0 aliphatic carbocycles. The van der Waals surface area contributed by atoms with Crippen molar-refractivity contribution < 1.29 is 4.74 Å². The fourth-order valence-electron chi connectivity index (χ4n) is 1.95. The maximum atomic E-state index is 5.94. The Hall–Kier alpha value is -0.990. The van der Waals surface area contributed by atoms with Gasteiger partial charge in [0.15, 0.2) is 0 Å². The van der Waals surface area contributed by atoms with Crippen LogP contribution in [0, 0.1) is 0 Å². The highest BCUT2D eigenvalue weighted by Gasteiger charge is 2.05. The van der Waals surface area contributed by atoms with E-state index in [4.69, 9.17) is 16.3 Å². The molecular weight excluding hydrogens is 336 g/mol. The predicted octanol–water partition coefficient (Wildman–Crippen LogP) is 5.89. The van der Waals surface area contributed by atoms with Crippen molar-refractivity contribution in [2.75, 3.05) is 0 Å². The van der Waals surface area contributed by atoms with Gasteiger partial charge in [-0.3, -0.25) is 0 Å². The summed E-state index contributed by atoms with van der Waals surface area (Å²) in [5, 5.41) is 0. The fourth-order valence-corrected chi connectivity index (χ4v) is 2.57. The smallest absolute Gasteiger partial charge is 0.124 e. The molecule has 3 heteroatoms. The summed E-state index contributed by atoms with van der Waals surface area (Å²) in [6.45, 7) is 4.95. The third kappa shape index (κ3) is 4.00. The zero-order valence-electron chi connectivity index (χ0n) is 11.7. The first-order chi connectivity index (χ1) is 9.60. The number of ether oxygens (including phenoxy) is 1. The van der Waals surface area contributed by atoms with Crippen LogP contribution in [-0.2, 0) is 12.5 Å². The van der Waals surface area contributed by atoms with Crippen LogP contribution in [0.15, 0.2) is 46.9 Å². The van der Waals surface area contributed by atoms with Crippen LogP contribution < -0.4 is 4.74 Å². The molecule has 0 amide bonds. The highest BCUT2D eigenvalue weighted by molar-refractivity contribution is 9.10. The van der Waals surface area contributed by atoms with Gasteiger partial charge >= 0.3 is 0 Å². The number of halogens is 2. The molecule has 0 spiro atoms. The standard InChI is InChI=1S/C17H18BrClO/c1-12(2)14-5-3-13(4-6-14)11-20-17-8-7-16(18)9-15(17)10-19/h3-9,12H,10-11H2,1-2H3. The minimum Gasteiger partial charge on any atom is -0.489 e. The third-order valence-corrected chi connectivity index (χ3v) is 3.99. The second-order valence-corrected chi connectivity index (χ2v) is 6.25. The summed E-state index contributed by atoms with van der Waals surface area (Å²) in [5.41, 5.74) is 3.51. The van der Waals surface area contributed by atoms with Gasteiger partial charge in [-0.1, -0.05) is 54.0 Å². The first kappa shape index (κ1) is 15.4. The Morgan fingerprint density at radius 1 is 1.10 bits per heavy atom. The van der Waals surface area contributed by atoms with Crippen LogP contribution in [-0.4, -0.2) is 0 Å². The lowest BCUT2D eigenvalue weighted by atomic mass is 10.0. The molecule has 0 unspecified atom stereocenters. The van der Waals surface area contributed by atoms with Crippen LogP contribution in [0.5, 0.6) is 5.75 Å². The molecule has 0 N–H and O–H groups in total. The molecule has 0 bridgehead atoms. The second-order valence-electron chi connectivity index (χ2n) is 5.07. The largest absolute Gasteiger partial charge is 0.489 e. The van der Waals surface area contributed by atoms with E-state index in [0.717, 1.165) is 21.3 Å². The van der Waals surface area contributed by atoms with Crippen molar-refractivity contribution in [2.24, 2.45) is 0 Å². The van der Waals surface area contributed by atoms with Crippen LogP contribution >= 0.6 is 27.5 Å². The molecule has 2 aromatic carbocycles. The molecule has 2 aromatic rings. The Labute approximate surface area is 134 Å². The molecule has 0 aliphatic heterocycles. The zero-order chi connectivity index (χ0) is 14.5. The molecule has 106 valence electrons. The highest BCUT2D eigenvalue weighted by Crippen LogP contribution is 2.25. The predicted molar refractivity (Wildman–Crippen MR) is 88.6 cm³/mol. The number of hydrogen-bond acceptors (Lipinski definition) is 1. The lowest BCUT2D eigenvalue weighted by Gasteiger charge is -2.11. The molecule has 0 saturated carbocycles. The summed E-state index contributed by atoms with van der Waals surface area (Å²) in [6, 6.07) is 14.5. The number of rotatable bonds is 5. The van der Waals surface area contributed by atoms with E-state index in [1.54, 1.807) is 0 Å². The van der Waals surface area contributed by atoms with Crippen molar-refractivity contribution >= 4 is 27.5 Å². The van der Waals surface area contributed by atoms with Crippen LogP contribution in [0.3, 0.4) is 0 Å². The topological polar surface area (TPSA) is 9.23 Å². The van der Waals surface area contributed by atoms with Crippen molar-refractivity contribution in [3.63, 3.8) is 0 Å². The first-order valence-electron chi connectivity index (χ1n) is 6.66. The third-order valence-electron chi connectivity index (χ3n) is 3.21. The number of benzene rings is 2. The summed E-state index contributed by atoms with van der Waals surface area (Å²) < 4.78 is 6.88. The van der Waals surface area contributed by atoms with E-state index in [1.807, 2.05) is 18.2 Å². The molecule has 0 heterocycles. The molecule has 0 aliphatic rings. The van der Waals surface area contributed by atoms with Gasteiger partial charge < -0.3 is 4.74 Å². The maximum Gasteiger partial charge on any atom is 0.124 e. The van der Waals surface area contributed by atoms with Crippen LogP contribution in [0.4, 0.5) is 0 Å². The molecule has 0 fully saturated rings. The lowest BCUT2D eigenvalue weighted by Crippen LogP contribution is -1.98. The van der Waals surface area contributed by atoms with Crippen LogP contribution in [0.1, 0.15) is 36.5 Å². The molecule has 2 rings (SSSR count). The Morgan fingerprint density at radius 2 is 1.80 bits per heavy atom. The summed E-state index contributed by atoms with van der Waals surface area (Å²) in [6.07, 6.45) is 0. The van der Waals surface area contributed by atoms with Gasteiger partial charge in [-0.2, -0.15) is 0 Å². The summed E-state index contributed by atoms with van der Waals surface area (Å²) in [4.78, 5) is 0. The minimum atomic E-state index is 0.445. The van der Waals surface area contributed by atoms with Gasteiger partial charge in [-0.15, -0.1) is 11.6 Å².